The fraction of sp³-hybridized carbons (Fsp3) is 0.462. The molecule has 1 rings (SSSR count). The van der Waals surface area contributed by atoms with Gasteiger partial charge >= 0.3 is 0 Å². The number of nitro benzene ring substituents is 1. The second kappa shape index (κ2) is 5.08. The van der Waals surface area contributed by atoms with Crippen LogP contribution in [0.15, 0.2) is 24.3 Å². The molecule has 0 N–H and O–H groups in total. The minimum absolute atomic E-state index is 0.0211. The van der Waals surface area contributed by atoms with Gasteiger partial charge in [-0.15, -0.1) is 0 Å². The molecule has 0 aliphatic carbocycles. The molecule has 0 spiro atoms. The second-order valence-corrected chi connectivity index (χ2v) is 4.72. The molecular weight excluding hydrogens is 218 g/mol. The van der Waals surface area contributed by atoms with E-state index in [9.17, 15) is 14.9 Å². The molecule has 1 aromatic rings. The minimum Gasteiger partial charge on any atom is -0.299 e. The molecule has 0 unspecified atom stereocenters. The van der Waals surface area contributed by atoms with Crippen molar-refractivity contribution in [1.29, 1.82) is 0 Å². The van der Waals surface area contributed by atoms with Crippen LogP contribution in [0.25, 0.3) is 0 Å². The summed E-state index contributed by atoms with van der Waals surface area (Å²) in [5.41, 5.74) is 0.0840. The molecule has 92 valence electrons. The monoisotopic (exact) mass is 235 g/mol. The molecule has 0 aliphatic heterocycles. The van der Waals surface area contributed by atoms with E-state index in [2.05, 4.69) is 0 Å². The van der Waals surface area contributed by atoms with Gasteiger partial charge in [0.1, 0.15) is 5.78 Å². The predicted molar refractivity (Wildman–Crippen MR) is 65.9 cm³/mol. The summed E-state index contributed by atoms with van der Waals surface area (Å²) in [6, 6.07) is 6.40. The quantitative estimate of drug-likeness (QED) is 0.581. The average molecular weight is 235 g/mol. The molecule has 0 atom stereocenters. The lowest BCUT2D eigenvalue weighted by atomic mass is 9.82. The molecule has 0 saturated heterocycles. The molecule has 0 fully saturated rings. The van der Waals surface area contributed by atoms with Gasteiger partial charge < -0.3 is 0 Å². The Morgan fingerprint density at radius 3 is 2.47 bits per heavy atom. The first-order chi connectivity index (χ1) is 7.88. The zero-order chi connectivity index (χ0) is 13.1. The van der Waals surface area contributed by atoms with Crippen molar-refractivity contribution in [1.82, 2.24) is 0 Å². The van der Waals surface area contributed by atoms with Crippen LogP contribution in [0, 0.1) is 15.5 Å². The first kappa shape index (κ1) is 13.4. The highest BCUT2D eigenvalue weighted by Crippen LogP contribution is 2.26. The molecule has 0 saturated carbocycles. The highest BCUT2D eigenvalue weighted by Gasteiger charge is 2.27. The van der Waals surface area contributed by atoms with E-state index in [1.165, 1.54) is 6.07 Å². The Labute approximate surface area is 101 Å². The van der Waals surface area contributed by atoms with E-state index in [-0.39, 0.29) is 17.9 Å². The zero-order valence-corrected chi connectivity index (χ0v) is 10.4. The van der Waals surface area contributed by atoms with Gasteiger partial charge in [-0.1, -0.05) is 39.0 Å². The van der Waals surface area contributed by atoms with Crippen LogP contribution < -0.4 is 0 Å². The second-order valence-electron chi connectivity index (χ2n) is 4.72. The fourth-order valence-electron chi connectivity index (χ4n) is 1.45. The van der Waals surface area contributed by atoms with Gasteiger partial charge in [-0.2, -0.15) is 0 Å². The number of hydrogen-bond donors (Lipinski definition) is 0. The van der Waals surface area contributed by atoms with Gasteiger partial charge in [0.15, 0.2) is 0 Å². The van der Waals surface area contributed by atoms with Gasteiger partial charge in [0.25, 0.3) is 5.69 Å². The fourth-order valence-corrected chi connectivity index (χ4v) is 1.45. The lowest BCUT2D eigenvalue weighted by molar-refractivity contribution is -0.385. The Morgan fingerprint density at radius 1 is 1.35 bits per heavy atom. The summed E-state index contributed by atoms with van der Waals surface area (Å²) in [6.07, 6.45) is 0.852. The van der Waals surface area contributed by atoms with E-state index in [1.54, 1.807) is 18.2 Å². The normalized spacial score (nSPS) is 11.2. The highest BCUT2D eigenvalue weighted by atomic mass is 16.6. The third-order valence-corrected chi connectivity index (χ3v) is 3.18. The molecule has 0 aromatic heterocycles. The maximum absolute atomic E-state index is 12.0. The van der Waals surface area contributed by atoms with Crippen LogP contribution >= 0.6 is 0 Å². The number of Topliss-reactive ketones (excluding diaryl/α,β-unsaturated/α-hetero) is 1. The van der Waals surface area contributed by atoms with Crippen LogP contribution in [0.4, 0.5) is 5.69 Å². The predicted octanol–water partition coefficient (Wildman–Crippen LogP) is 3.14. The molecule has 0 bridgehead atoms. The molecule has 4 nitrogen and oxygen atoms in total. The molecule has 0 aliphatic rings. The Hall–Kier alpha value is -1.71. The smallest absolute Gasteiger partial charge is 0.273 e. The molecule has 0 amide bonds. The number of carbonyl (C=O) groups excluding carboxylic acids is 1. The van der Waals surface area contributed by atoms with Gasteiger partial charge in [-0.05, 0) is 6.42 Å². The maximum Gasteiger partial charge on any atom is 0.273 e. The van der Waals surface area contributed by atoms with Crippen molar-refractivity contribution < 1.29 is 9.72 Å². The number of benzene rings is 1. The third kappa shape index (κ3) is 3.12. The van der Waals surface area contributed by atoms with E-state index in [1.807, 2.05) is 20.8 Å². The summed E-state index contributed by atoms with van der Waals surface area (Å²) >= 11 is 0. The summed E-state index contributed by atoms with van der Waals surface area (Å²) in [4.78, 5) is 22.4. The van der Waals surface area contributed by atoms with Crippen LogP contribution in [0.2, 0.25) is 0 Å². The highest BCUT2D eigenvalue weighted by molar-refractivity contribution is 5.86. The zero-order valence-electron chi connectivity index (χ0n) is 10.4. The summed E-state index contributed by atoms with van der Waals surface area (Å²) < 4.78 is 0. The Bertz CT molecular complexity index is 438. The molecule has 17 heavy (non-hydrogen) atoms. The first-order valence-corrected chi connectivity index (χ1v) is 5.64. The van der Waals surface area contributed by atoms with E-state index in [4.69, 9.17) is 0 Å². The maximum atomic E-state index is 12.0. The van der Waals surface area contributed by atoms with E-state index in [0.29, 0.717) is 5.56 Å². The number of para-hydroxylation sites is 1. The van der Waals surface area contributed by atoms with Gasteiger partial charge in [0.2, 0.25) is 0 Å². The van der Waals surface area contributed by atoms with Gasteiger partial charge in [-0.25, -0.2) is 0 Å². The van der Waals surface area contributed by atoms with Crippen molar-refractivity contribution in [2.75, 3.05) is 0 Å². The van der Waals surface area contributed by atoms with Crippen LogP contribution in [0.3, 0.4) is 0 Å². The molecular formula is C13H17NO3. The number of hydrogen-bond acceptors (Lipinski definition) is 3. The van der Waals surface area contributed by atoms with E-state index in [0.717, 1.165) is 6.42 Å². The summed E-state index contributed by atoms with van der Waals surface area (Å²) in [5.74, 6) is 0.0364. The first-order valence-electron chi connectivity index (χ1n) is 5.64. The SMILES string of the molecule is CCC(C)(C)C(=O)Cc1ccccc1[N+](=O)[O-]. The molecule has 4 heteroatoms. The van der Waals surface area contributed by atoms with Crippen LogP contribution in [-0.4, -0.2) is 10.7 Å². The van der Waals surface area contributed by atoms with Crippen LogP contribution in [0.5, 0.6) is 0 Å². The summed E-state index contributed by atoms with van der Waals surface area (Å²) in [7, 11) is 0. The van der Waals surface area contributed by atoms with Crippen LogP contribution in [-0.2, 0) is 11.2 Å². The molecule has 0 heterocycles. The van der Waals surface area contributed by atoms with Crippen molar-refractivity contribution in [3.8, 4) is 0 Å². The van der Waals surface area contributed by atoms with Crippen molar-refractivity contribution in [2.24, 2.45) is 5.41 Å². The van der Waals surface area contributed by atoms with Gasteiger partial charge in [-0.3, -0.25) is 14.9 Å². The van der Waals surface area contributed by atoms with Crippen molar-refractivity contribution in [3.05, 3.63) is 39.9 Å². The number of rotatable bonds is 5. The number of nitrogens with zero attached hydrogens (tertiary/aromatic N) is 1. The van der Waals surface area contributed by atoms with Crippen molar-refractivity contribution in [3.63, 3.8) is 0 Å². The van der Waals surface area contributed by atoms with Gasteiger partial charge in [0, 0.05) is 23.5 Å². The van der Waals surface area contributed by atoms with Crippen molar-refractivity contribution >= 4 is 11.5 Å². The number of nitro groups is 1. The standard InChI is InChI=1S/C13H17NO3/c1-4-13(2,3)12(15)9-10-7-5-6-8-11(10)14(16)17/h5-8H,4,9H2,1-3H3. The lowest BCUT2D eigenvalue weighted by Gasteiger charge is -2.20. The minimum atomic E-state index is -0.443. The molecule has 1 aromatic carbocycles. The molecule has 0 radical (unpaired) electrons. The third-order valence-electron chi connectivity index (χ3n) is 3.18. The van der Waals surface area contributed by atoms with E-state index < -0.39 is 10.3 Å². The van der Waals surface area contributed by atoms with Crippen molar-refractivity contribution in [2.45, 2.75) is 33.6 Å². The lowest BCUT2D eigenvalue weighted by Crippen LogP contribution is -2.25. The Kier molecular flexibility index (Phi) is 3.99. The largest absolute Gasteiger partial charge is 0.299 e. The summed E-state index contributed by atoms with van der Waals surface area (Å²) in [6.45, 7) is 5.67. The Balaban J connectivity index is 2.97. The van der Waals surface area contributed by atoms with Crippen LogP contribution in [0.1, 0.15) is 32.8 Å². The Morgan fingerprint density at radius 2 is 1.94 bits per heavy atom. The average Bonchev–Trinajstić information content (AvgIpc) is 2.29. The number of ketones is 1. The van der Waals surface area contributed by atoms with Gasteiger partial charge in [0.05, 0.1) is 4.92 Å². The topological polar surface area (TPSA) is 60.2 Å². The van der Waals surface area contributed by atoms with E-state index >= 15 is 0 Å². The summed E-state index contributed by atoms with van der Waals surface area (Å²) in [5, 5.41) is 10.8. The number of carbonyl (C=O) groups is 1.